The van der Waals surface area contributed by atoms with Gasteiger partial charge in [-0.15, -0.1) is 0 Å². The Hall–Kier alpha value is -10.2. The van der Waals surface area contributed by atoms with Gasteiger partial charge in [0, 0.05) is 42.3 Å². The Bertz CT molecular complexity index is 2920. The molecule has 0 saturated heterocycles. The third kappa shape index (κ3) is 19.3. The number of guanidine groups is 2. The average molecular weight is 1080 g/mol. The molecule has 0 heterocycles. The summed E-state index contributed by atoms with van der Waals surface area (Å²) in [6.45, 7) is -0.950. The fraction of sp³-hybridized carbons (Fsp3) is 0.300. The van der Waals surface area contributed by atoms with Crippen molar-refractivity contribution in [2.24, 2.45) is 38.7 Å². The lowest BCUT2D eigenvalue weighted by atomic mass is 10.1. The summed E-state index contributed by atoms with van der Waals surface area (Å²) in [5, 5.41) is 20.6. The van der Waals surface area contributed by atoms with Crippen molar-refractivity contribution in [2.75, 3.05) is 82.4 Å². The number of primary amides is 1. The van der Waals surface area contributed by atoms with Gasteiger partial charge < -0.3 is 90.2 Å². The lowest BCUT2D eigenvalue weighted by Crippen LogP contribution is -2.44. The van der Waals surface area contributed by atoms with Gasteiger partial charge in [-0.05, 0) is 98.5 Å². The number of anilines is 4. The van der Waals surface area contributed by atoms with Crippen LogP contribution in [0.3, 0.4) is 0 Å². The molecule has 78 heavy (non-hydrogen) atoms. The van der Waals surface area contributed by atoms with Crippen molar-refractivity contribution in [1.29, 1.82) is 0 Å². The van der Waals surface area contributed by atoms with Gasteiger partial charge in [0.1, 0.15) is 29.0 Å². The molecule has 0 aliphatic heterocycles. The molecule has 1 atom stereocenters. The number of benzene rings is 4. The Kier molecular flexibility index (Phi) is 23.4. The molecule has 0 fully saturated rings. The predicted molar refractivity (Wildman–Crippen MR) is 288 cm³/mol. The van der Waals surface area contributed by atoms with E-state index in [2.05, 4.69) is 52.5 Å². The maximum Gasteiger partial charge on any atom is 0.255 e. The standard InChI is InChI=1S/C50H63N15O13/c1-75-36-14-13-30(20-31(36)44(51)70)64-48(74)35(8-7-19-57-50(54)55)65-47(73)34-23-29(12-17-39(34)78-4)63-43(69)26-60-46(72)33-22-28(11-16-38(33)77-3)62-42(68)25-59-45(71)32-21-27(10-15-37(32)76-2)61-41(67)24-58-40(66)9-5-6-18-56-49(52)53/h10-17,20-23,35H,5-9,18-19,24-26H2,1-4H3,(H2,51,70)(H,58,66)(H,59,71)(H,60,72)(H,61,67)(H,62,68)(H,63,69)(H,64,74)(H,65,73)(H4,52,53,56)(H4,54,55,57)/t35-/m1/s1. The second kappa shape index (κ2) is 30.3. The van der Waals surface area contributed by atoms with E-state index in [9.17, 15) is 43.2 Å². The first kappa shape index (κ1) is 60.4. The molecular weight excluding hydrogens is 1020 g/mol. The smallest absolute Gasteiger partial charge is 0.255 e. The number of carbonyl (C=O) groups excluding carboxylic acids is 9. The summed E-state index contributed by atoms with van der Waals surface area (Å²) in [5.41, 5.74) is 27.4. The summed E-state index contributed by atoms with van der Waals surface area (Å²) in [7, 11) is 5.30. The number of nitrogens with zero attached hydrogens (tertiary/aromatic N) is 2. The highest BCUT2D eigenvalue weighted by Crippen LogP contribution is 2.27. The van der Waals surface area contributed by atoms with Gasteiger partial charge in [-0.25, -0.2) is 0 Å². The molecule has 0 aliphatic rings. The van der Waals surface area contributed by atoms with Gasteiger partial charge in [0.25, 0.3) is 23.6 Å². The van der Waals surface area contributed by atoms with Crippen LogP contribution in [0, 0.1) is 0 Å². The lowest BCUT2D eigenvalue weighted by molar-refractivity contribution is -0.124. The van der Waals surface area contributed by atoms with Gasteiger partial charge in [0.2, 0.25) is 29.5 Å². The van der Waals surface area contributed by atoms with E-state index in [0.29, 0.717) is 19.4 Å². The summed E-state index contributed by atoms with van der Waals surface area (Å²) >= 11 is 0. The van der Waals surface area contributed by atoms with E-state index in [1.807, 2.05) is 0 Å². The molecule has 0 aromatic heterocycles. The minimum absolute atomic E-state index is 0.00547. The SMILES string of the molecule is COc1ccc(NC(=O)[C@@H](CCCN=C(N)N)NC(=O)c2cc(NC(=O)CNC(=O)c3cc(NC(=O)CNC(=O)c4cc(NC(=O)CNC(=O)CCCCN=C(N)N)ccc4OC)ccc3OC)ccc2OC)cc1C(N)=O. The number of unbranched alkanes of at least 4 members (excludes halogenated alkanes) is 1. The maximum absolute atomic E-state index is 13.8. The van der Waals surface area contributed by atoms with Crippen molar-refractivity contribution in [1.82, 2.24) is 21.3 Å². The second-order valence-corrected chi connectivity index (χ2v) is 16.5. The molecule has 0 spiro atoms. The number of aliphatic imine (C=N–C) groups is 2. The number of methoxy groups -OCH3 is 4. The maximum atomic E-state index is 13.8. The van der Waals surface area contributed by atoms with Crippen molar-refractivity contribution >= 4 is 87.8 Å². The van der Waals surface area contributed by atoms with Crippen molar-refractivity contribution in [3.8, 4) is 23.0 Å². The molecule has 4 aromatic rings. The summed E-state index contributed by atoms with van der Waals surface area (Å²) in [4.78, 5) is 125. The molecule has 0 bridgehead atoms. The molecule has 28 heteroatoms. The minimum atomic E-state index is -1.18. The lowest BCUT2D eigenvalue weighted by Gasteiger charge is -2.20. The number of hydrogen-bond donors (Lipinski definition) is 13. The largest absolute Gasteiger partial charge is 0.496 e. The quantitative estimate of drug-likeness (QED) is 0.0191. The monoisotopic (exact) mass is 1080 g/mol. The van der Waals surface area contributed by atoms with E-state index in [1.165, 1.54) is 101 Å². The molecular formula is C50H63N15O13. The van der Waals surface area contributed by atoms with Crippen LogP contribution in [0.15, 0.2) is 82.8 Å². The number of hydrogen-bond acceptors (Lipinski definition) is 15. The van der Waals surface area contributed by atoms with Gasteiger partial charge in [0.05, 0.1) is 70.3 Å². The first-order chi connectivity index (χ1) is 37.2. The summed E-state index contributed by atoms with van der Waals surface area (Å²) in [6, 6.07) is 15.6. The molecule has 28 nitrogen and oxygen atoms in total. The number of rotatable bonds is 29. The predicted octanol–water partition coefficient (Wildman–Crippen LogP) is -0.154. The Morgan fingerprint density at radius 2 is 0.821 bits per heavy atom. The highest BCUT2D eigenvalue weighted by Gasteiger charge is 2.25. The first-order valence-electron chi connectivity index (χ1n) is 23.7. The third-order valence-corrected chi connectivity index (χ3v) is 10.9. The van der Waals surface area contributed by atoms with Crippen LogP contribution in [0.1, 0.15) is 73.5 Å². The van der Waals surface area contributed by atoms with E-state index in [0.717, 1.165) is 0 Å². The average Bonchev–Trinajstić information content (AvgIpc) is 3.42. The molecule has 0 unspecified atom stereocenters. The fourth-order valence-corrected chi connectivity index (χ4v) is 7.11. The van der Waals surface area contributed by atoms with Crippen LogP contribution in [0.4, 0.5) is 22.7 Å². The molecule has 0 saturated carbocycles. The third-order valence-electron chi connectivity index (χ3n) is 10.9. The zero-order valence-corrected chi connectivity index (χ0v) is 43.2. The number of carbonyl (C=O) groups is 9. The Morgan fingerprint density at radius 1 is 0.449 bits per heavy atom. The zero-order chi connectivity index (χ0) is 57.3. The van der Waals surface area contributed by atoms with Gasteiger partial charge >= 0.3 is 0 Å². The molecule has 9 amide bonds. The van der Waals surface area contributed by atoms with Gasteiger partial charge in [-0.2, -0.15) is 0 Å². The fourth-order valence-electron chi connectivity index (χ4n) is 7.11. The van der Waals surface area contributed by atoms with Crippen LogP contribution in [0.25, 0.3) is 0 Å². The molecule has 0 aliphatic carbocycles. The van der Waals surface area contributed by atoms with Crippen molar-refractivity contribution in [3.63, 3.8) is 0 Å². The van der Waals surface area contributed by atoms with Crippen molar-refractivity contribution < 1.29 is 62.1 Å². The highest BCUT2D eigenvalue weighted by molar-refractivity contribution is 6.06. The molecule has 0 radical (unpaired) electrons. The Balaban J connectivity index is 1.35. The minimum Gasteiger partial charge on any atom is -0.496 e. The van der Waals surface area contributed by atoms with Crippen LogP contribution in [-0.4, -0.2) is 132 Å². The summed E-state index contributed by atoms with van der Waals surface area (Å²) < 4.78 is 21.2. The van der Waals surface area contributed by atoms with Crippen LogP contribution in [0.2, 0.25) is 0 Å². The van der Waals surface area contributed by atoms with Gasteiger partial charge in [-0.3, -0.25) is 53.1 Å². The normalized spacial score (nSPS) is 10.7. The van der Waals surface area contributed by atoms with Crippen LogP contribution >= 0.6 is 0 Å². The number of nitrogens with one attached hydrogen (secondary N) is 8. The van der Waals surface area contributed by atoms with E-state index in [1.54, 1.807) is 0 Å². The highest BCUT2D eigenvalue weighted by atomic mass is 16.5. The topological polar surface area (TPSA) is 442 Å². The second-order valence-electron chi connectivity index (χ2n) is 16.5. The molecule has 4 rings (SSSR count). The van der Waals surface area contributed by atoms with Gasteiger partial charge in [0.15, 0.2) is 11.9 Å². The Morgan fingerprint density at radius 3 is 1.23 bits per heavy atom. The van der Waals surface area contributed by atoms with E-state index in [-0.39, 0.29) is 118 Å². The van der Waals surface area contributed by atoms with Crippen LogP contribution in [-0.2, 0) is 24.0 Å². The molecule has 18 N–H and O–H groups in total. The molecule has 4 aromatic carbocycles. The summed E-state index contributed by atoms with van der Waals surface area (Å²) in [5.74, 6) is -5.80. The number of amides is 9. The number of nitrogens with two attached hydrogens (primary N) is 5. The number of ether oxygens (including phenoxy) is 4. The van der Waals surface area contributed by atoms with Crippen molar-refractivity contribution in [3.05, 3.63) is 95.1 Å². The van der Waals surface area contributed by atoms with Crippen molar-refractivity contribution in [2.45, 2.75) is 38.1 Å². The molecule has 416 valence electrons. The van der Waals surface area contributed by atoms with E-state index < -0.39 is 66.4 Å². The summed E-state index contributed by atoms with van der Waals surface area (Å²) in [6.07, 6.45) is 1.55. The van der Waals surface area contributed by atoms with Crippen LogP contribution in [0.5, 0.6) is 23.0 Å². The zero-order valence-electron chi connectivity index (χ0n) is 43.2. The Labute approximate surface area is 447 Å². The van der Waals surface area contributed by atoms with Gasteiger partial charge in [-0.1, -0.05) is 0 Å². The van der Waals surface area contributed by atoms with E-state index >= 15 is 0 Å². The first-order valence-corrected chi connectivity index (χ1v) is 23.7. The van der Waals surface area contributed by atoms with Crippen LogP contribution < -0.4 is 90.2 Å². The van der Waals surface area contributed by atoms with E-state index in [4.69, 9.17) is 47.6 Å².